The zero-order valence-electron chi connectivity index (χ0n) is 20.1. The Morgan fingerprint density at radius 3 is 2.74 bits per heavy atom. The van der Waals surface area contributed by atoms with Crippen LogP contribution in [0.3, 0.4) is 0 Å². The number of alkyl halides is 2. The van der Waals surface area contributed by atoms with Gasteiger partial charge in [0.05, 0.1) is 11.3 Å². The molecule has 0 aliphatic carbocycles. The summed E-state index contributed by atoms with van der Waals surface area (Å²) in [7, 11) is 0. The molecule has 2 atom stereocenters. The summed E-state index contributed by atoms with van der Waals surface area (Å²) in [5, 5.41) is 23.4. The number of rotatable bonds is 7. The van der Waals surface area contributed by atoms with Crippen LogP contribution in [-0.2, 0) is 4.74 Å². The van der Waals surface area contributed by atoms with Gasteiger partial charge in [0.1, 0.15) is 24.0 Å². The smallest absolute Gasteiger partial charge is 0.407 e. The second-order valence-electron chi connectivity index (χ2n) is 9.38. The average molecular weight is 567 g/mol. The Bertz CT molecular complexity index is 1440. The number of carbonyl (C=O) groups is 1. The fraction of sp³-hybridized carbons (Fsp3) is 0.333. The molecule has 5 rings (SSSR count). The number of nitrogens with one attached hydrogen (secondary N) is 2. The molecule has 4 heterocycles. The summed E-state index contributed by atoms with van der Waals surface area (Å²) in [4.78, 5) is 21.2. The molecule has 38 heavy (non-hydrogen) atoms. The molecule has 1 saturated heterocycles. The Labute approximate surface area is 224 Å². The quantitative estimate of drug-likeness (QED) is 0.383. The number of hydrogen-bond donors (Lipinski definition) is 3. The van der Waals surface area contributed by atoms with E-state index in [0.29, 0.717) is 32.4 Å². The first-order valence-electron chi connectivity index (χ1n) is 11.4. The molecule has 2 aromatic heterocycles. The first-order chi connectivity index (χ1) is 18.0. The summed E-state index contributed by atoms with van der Waals surface area (Å²) < 4.78 is 46.6. The predicted molar refractivity (Wildman–Crippen MR) is 134 cm³/mol. The van der Waals surface area contributed by atoms with E-state index < -0.39 is 35.6 Å². The largest absolute Gasteiger partial charge is 0.447 e. The third-order valence-corrected chi connectivity index (χ3v) is 7.65. The molecular formula is C24H22ClF3N6O3S. The molecule has 14 heteroatoms. The van der Waals surface area contributed by atoms with Crippen LogP contribution in [0.5, 0.6) is 0 Å². The summed E-state index contributed by atoms with van der Waals surface area (Å²) in [5.41, 5.74) is -1.47. The van der Waals surface area contributed by atoms with E-state index in [4.69, 9.17) is 21.3 Å². The number of amides is 1. The van der Waals surface area contributed by atoms with Gasteiger partial charge < -0.3 is 20.5 Å². The Hall–Kier alpha value is -3.42. The number of carbonyl (C=O) groups excluding carboxylic acids is 1. The van der Waals surface area contributed by atoms with Crippen molar-refractivity contribution < 1.29 is 27.8 Å². The number of hydrogen-bond acceptors (Lipinski definition) is 8. The monoisotopic (exact) mass is 566 g/mol. The first kappa shape index (κ1) is 26.2. The number of aliphatic imine (C=N–C) groups is 1. The molecule has 1 aromatic carbocycles. The maximum Gasteiger partial charge on any atom is 0.407 e. The SMILES string of the molecule is CC(C)(O)[C@]1(CC2=C(c3ccn(C(F)F)n3)[C@H](c3ccc(F)cc3Cl)N=C(c3nccs3)N2)COC(=O)N1. The summed E-state index contributed by atoms with van der Waals surface area (Å²) >= 11 is 7.76. The summed E-state index contributed by atoms with van der Waals surface area (Å²) in [6.07, 6.45) is 1.98. The molecular weight excluding hydrogens is 545 g/mol. The Morgan fingerprint density at radius 2 is 2.16 bits per heavy atom. The number of alkyl carbamates (subject to hydrolysis) is 1. The van der Waals surface area contributed by atoms with Crippen LogP contribution in [0.1, 0.15) is 49.1 Å². The fourth-order valence-electron chi connectivity index (χ4n) is 4.42. The van der Waals surface area contributed by atoms with Crippen molar-refractivity contribution in [1.29, 1.82) is 0 Å². The van der Waals surface area contributed by atoms with Gasteiger partial charge in [0.2, 0.25) is 0 Å². The Kier molecular flexibility index (Phi) is 6.70. The van der Waals surface area contributed by atoms with E-state index in [1.54, 1.807) is 11.6 Å². The predicted octanol–water partition coefficient (Wildman–Crippen LogP) is 4.67. The van der Waals surface area contributed by atoms with Crippen molar-refractivity contribution in [3.8, 4) is 0 Å². The first-order valence-corrected chi connectivity index (χ1v) is 12.7. The normalized spacial score (nSPS) is 21.8. The zero-order valence-corrected chi connectivity index (χ0v) is 21.7. The lowest BCUT2D eigenvalue weighted by atomic mass is 9.77. The van der Waals surface area contributed by atoms with Gasteiger partial charge in [-0.05, 0) is 32.0 Å². The van der Waals surface area contributed by atoms with Gasteiger partial charge >= 0.3 is 12.6 Å². The van der Waals surface area contributed by atoms with E-state index in [0.717, 1.165) is 12.3 Å². The highest BCUT2D eigenvalue weighted by atomic mass is 35.5. The van der Waals surface area contributed by atoms with Crippen LogP contribution in [0.25, 0.3) is 5.57 Å². The number of aromatic nitrogens is 3. The van der Waals surface area contributed by atoms with E-state index in [1.165, 1.54) is 43.4 Å². The molecule has 3 N–H and O–H groups in total. The molecule has 0 unspecified atom stereocenters. The van der Waals surface area contributed by atoms with Crippen LogP contribution < -0.4 is 10.6 Å². The summed E-state index contributed by atoms with van der Waals surface area (Å²) in [6, 6.07) is 4.30. The minimum Gasteiger partial charge on any atom is -0.447 e. The molecule has 3 aromatic rings. The Morgan fingerprint density at radius 1 is 1.37 bits per heavy atom. The van der Waals surface area contributed by atoms with E-state index in [2.05, 4.69) is 20.7 Å². The molecule has 9 nitrogen and oxygen atoms in total. The molecule has 1 fully saturated rings. The van der Waals surface area contributed by atoms with Crippen molar-refractivity contribution in [2.45, 2.75) is 44.0 Å². The van der Waals surface area contributed by atoms with Gasteiger partial charge in [-0.25, -0.2) is 18.9 Å². The lowest BCUT2D eigenvalue weighted by Crippen LogP contribution is -2.60. The number of cyclic esters (lactones) is 1. The number of amidine groups is 1. The lowest BCUT2D eigenvalue weighted by molar-refractivity contribution is -0.0178. The topological polar surface area (TPSA) is 114 Å². The van der Waals surface area contributed by atoms with E-state index in [9.17, 15) is 23.1 Å². The van der Waals surface area contributed by atoms with Crippen molar-refractivity contribution >= 4 is 40.4 Å². The second kappa shape index (κ2) is 9.71. The van der Waals surface area contributed by atoms with E-state index in [1.807, 2.05) is 0 Å². The lowest BCUT2D eigenvalue weighted by Gasteiger charge is -2.40. The van der Waals surface area contributed by atoms with Crippen LogP contribution >= 0.6 is 22.9 Å². The fourth-order valence-corrected chi connectivity index (χ4v) is 5.28. The zero-order chi connectivity index (χ0) is 27.2. The van der Waals surface area contributed by atoms with Gasteiger partial charge in [-0.3, -0.25) is 4.99 Å². The molecule has 0 bridgehead atoms. The third kappa shape index (κ3) is 4.76. The van der Waals surface area contributed by atoms with Crippen molar-refractivity contribution in [2.24, 2.45) is 4.99 Å². The number of ether oxygens (including phenoxy) is 1. The van der Waals surface area contributed by atoms with Crippen molar-refractivity contribution in [3.05, 3.63) is 74.8 Å². The molecule has 1 amide bonds. The van der Waals surface area contributed by atoms with Crippen LogP contribution in [0, 0.1) is 5.82 Å². The van der Waals surface area contributed by atoms with Crippen LogP contribution in [0.2, 0.25) is 5.02 Å². The van der Waals surface area contributed by atoms with Crippen molar-refractivity contribution in [1.82, 2.24) is 25.4 Å². The highest BCUT2D eigenvalue weighted by Crippen LogP contribution is 2.44. The molecule has 0 spiro atoms. The van der Waals surface area contributed by atoms with Gasteiger partial charge in [0, 0.05) is 46.1 Å². The summed E-state index contributed by atoms with van der Waals surface area (Å²) in [5.74, 6) is -0.218. The van der Waals surface area contributed by atoms with Gasteiger partial charge in [-0.2, -0.15) is 13.9 Å². The van der Waals surface area contributed by atoms with Gasteiger partial charge in [0.25, 0.3) is 0 Å². The molecule has 200 valence electrons. The highest BCUT2D eigenvalue weighted by molar-refractivity contribution is 7.11. The van der Waals surface area contributed by atoms with E-state index in [-0.39, 0.29) is 23.7 Å². The molecule has 0 radical (unpaired) electrons. The minimum atomic E-state index is -2.89. The maximum absolute atomic E-state index is 14.0. The summed E-state index contributed by atoms with van der Waals surface area (Å²) in [6.45, 7) is 0.00336. The van der Waals surface area contributed by atoms with Gasteiger partial charge in [-0.15, -0.1) is 11.3 Å². The number of aliphatic hydroxyl groups is 1. The van der Waals surface area contributed by atoms with Gasteiger partial charge in [0.15, 0.2) is 10.8 Å². The number of halogens is 4. The standard InChI is InChI=1S/C24H22ClF3N6O3S/c1-23(2,36)24(11-37-22(35)32-24)10-16-17(15-5-7-34(33-15)21(27)28)18(13-4-3-12(26)9-14(13)25)31-19(30-16)20-29-6-8-38-20/h3-9,18,21,36H,10-11H2,1-2H3,(H,30,31)(H,32,35)/t18-,24-/m0/s1. The highest BCUT2D eigenvalue weighted by Gasteiger charge is 2.52. The number of thiazole rings is 1. The van der Waals surface area contributed by atoms with Gasteiger partial charge in [-0.1, -0.05) is 17.7 Å². The molecule has 0 saturated carbocycles. The van der Waals surface area contributed by atoms with E-state index >= 15 is 0 Å². The maximum atomic E-state index is 14.0. The molecule has 2 aliphatic heterocycles. The van der Waals surface area contributed by atoms with Crippen molar-refractivity contribution in [3.63, 3.8) is 0 Å². The number of benzene rings is 1. The Balaban J connectivity index is 1.74. The van der Waals surface area contributed by atoms with Crippen LogP contribution in [-0.4, -0.2) is 49.5 Å². The third-order valence-electron chi connectivity index (χ3n) is 6.54. The average Bonchev–Trinajstić information content (AvgIpc) is 3.60. The number of nitrogens with zero attached hydrogens (tertiary/aromatic N) is 4. The second-order valence-corrected chi connectivity index (χ2v) is 10.7. The van der Waals surface area contributed by atoms with Crippen LogP contribution in [0.15, 0.2) is 52.7 Å². The van der Waals surface area contributed by atoms with Crippen LogP contribution in [0.4, 0.5) is 18.0 Å². The molecule has 2 aliphatic rings. The van der Waals surface area contributed by atoms with Crippen molar-refractivity contribution in [2.75, 3.05) is 6.61 Å². The minimum absolute atomic E-state index is 0.0289.